The van der Waals surface area contributed by atoms with Crippen molar-refractivity contribution in [2.75, 3.05) is 14.1 Å². The van der Waals surface area contributed by atoms with Gasteiger partial charge in [-0.25, -0.2) is 0 Å². The van der Waals surface area contributed by atoms with Crippen molar-refractivity contribution < 1.29 is 9.90 Å². The molecule has 0 saturated heterocycles. The van der Waals surface area contributed by atoms with Crippen molar-refractivity contribution in [3.05, 3.63) is 35.9 Å². The number of amides is 1. The van der Waals surface area contributed by atoms with E-state index >= 15 is 0 Å². The van der Waals surface area contributed by atoms with Gasteiger partial charge in [-0.1, -0.05) is 31.0 Å². The average molecular weight is 276 g/mol. The number of nitrogens with zero attached hydrogens (tertiary/aromatic N) is 1. The lowest BCUT2D eigenvalue weighted by molar-refractivity contribution is 0.0436. The first-order chi connectivity index (χ1) is 9.59. The Balaban J connectivity index is 2.05. The van der Waals surface area contributed by atoms with Crippen LogP contribution in [0.4, 0.5) is 0 Å². The van der Waals surface area contributed by atoms with Crippen molar-refractivity contribution in [3.8, 4) is 0 Å². The maximum atomic E-state index is 12.2. The number of rotatable bonds is 3. The van der Waals surface area contributed by atoms with E-state index in [0.717, 1.165) is 25.7 Å². The minimum Gasteiger partial charge on any atom is -0.389 e. The fraction of sp³-hybridized carbons (Fsp3) is 0.562. The van der Waals surface area contributed by atoms with Crippen LogP contribution in [0.5, 0.6) is 0 Å². The number of carbonyl (C=O) groups is 1. The summed E-state index contributed by atoms with van der Waals surface area (Å²) in [6.07, 6.45) is 3.44. The molecular formula is C16H24N2O2. The van der Waals surface area contributed by atoms with Crippen LogP contribution in [0.2, 0.25) is 0 Å². The molecular weight excluding hydrogens is 252 g/mol. The highest BCUT2D eigenvalue weighted by Gasteiger charge is 2.32. The number of hydrogen-bond donors (Lipinski definition) is 2. The summed E-state index contributed by atoms with van der Waals surface area (Å²) in [6.45, 7) is 0. The first kappa shape index (κ1) is 15.0. The molecule has 3 unspecified atom stereocenters. The molecule has 4 nitrogen and oxygen atoms in total. The van der Waals surface area contributed by atoms with Crippen molar-refractivity contribution in [1.82, 2.24) is 10.2 Å². The van der Waals surface area contributed by atoms with Crippen LogP contribution < -0.4 is 5.32 Å². The van der Waals surface area contributed by atoms with Gasteiger partial charge in [-0.2, -0.15) is 0 Å². The monoisotopic (exact) mass is 276 g/mol. The van der Waals surface area contributed by atoms with E-state index in [1.54, 1.807) is 12.1 Å². The van der Waals surface area contributed by atoms with E-state index in [4.69, 9.17) is 0 Å². The lowest BCUT2D eigenvalue weighted by Gasteiger charge is -2.32. The Bertz CT molecular complexity index is 433. The summed E-state index contributed by atoms with van der Waals surface area (Å²) in [7, 11) is 3.96. The average Bonchev–Trinajstić information content (AvgIpc) is 2.62. The summed E-state index contributed by atoms with van der Waals surface area (Å²) in [5, 5.41) is 13.5. The molecule has 2 N–H and O–H groups in total. The maximum Gasteiger partial charge on any atom is 0.251 e. The molecule has 0 spiro atoms. The molecule has 1 fully saturated rings. The molecule has 1 aliphatic carbocycles. The van der Waals surface area contributed by atoms with Crippen molar-refractivity contribution in [3.63, 3.8) is 0 Å². The van der Waals surface area contributed by atoms with Gasteiger partial charge >= 0.3 is 0 Å². The summed E-state index contributed by atoms with van der Waals surface area (Å²) < 4.78 is 0. The van der Waals surface area contributed by atoms with Crippen LogP contribution in [0.3, 0.4) is 0 Å². The van der Waals surface area contributed by atoms with Gasteiger partial charge in [0, 0.05) is 11.6 Å². The third-order valence-electron chi connectivity index (χ3n) is 4.09. The van der Waals surface area contributed by atoms with Crippen LogP contribution in [0.25, 0.3) is 0 Å². The molecule has 4 heteroatoms. The standard InChI is InChI=1S/C16H24N2O2/c1-18(2)14-11-7-6-10-13(15(14)19)17-16(20)12-8-4-3-5-9-12/h3-5,8-9,13-15,19H,6-7,10-11H2,1-2H3,(H,17,20). The van der Waals surface area contributed by atoms with Gasteiger partial charge in [0.05, 0.1) is 12.1 Å². The minimum absolute atomic E-state index is 0.103. The largest absolute Gasteiger partial charge is 0.389 e. The Morgan fingerprint density at radius 3 is 2.50 bits per heavy atom. The number of likely N-dealkylation sites (N-methyl/N-ethyl adjacent to an activating group) is 1. The van der Waals surface area contributed by atoms with Gasteiger partial charge in [-0.3, -0.25) is 4.79 Å². The van der Waals surface area contributed by atoms with E-state index in [9.17, 15) is 9.90 Å². The Hall–Kier alpha value is -1.39. The van der Waals surface area contributed by atoms with Gasteiger partial charge < -0.3 is 15.3 Å². The second-order valence-corrected chi connectivity index (χ2v) is 5.75. The molecule has 2 rings (SSSR count). The highest BCUT2D eigenvalue weighted by molar-refractivity contribution is 5.94. The normalized spacial score (nSPS) is 27.1. The van der Waals surface area contributed by atoms with E-state index < -0.39 is 6.10 Å². The Kier molecular flexibility index (Phi) is 5.15. The zero-order valence-electron chi connectivity index (χ0n) is 12.2. The molecule has 1 saturated carbocycles. The molecule has 110 valence electrons. The van der Waals surface area contributed by atoms with E-state index in [1.165, 1.54) is 0 Å². The number of carbonyl (C=O) groups excluding carboxylic acids is 1. The van der Waals surface area contributed by atoms with Crippen LogP contribution in [0, 0.1) is 0 Å². The number of hydrogen-bond acceptors (Lipinski definition) is 3. The van der Waals surface area contributed by atoms with Gasteiger partial charge in [0.25, 0.3) is 5.91 Å². The third-order valence-corrected chi connectivity index (χ3v) is 4.09. The first-order valence-electron chi connectivity index (χ1n) is 7.30. The summed E-state index contributed by atoms with van der Waals surface area (Å²) in [6, 6.07) is 9.11. The second-order valence-electron chi connectivity index (χ2n) is 5.75. The maximum absolute atomic E-state index is 12.2. The zero-order valence-corrected chi connectivity index (χ0v) is 12.2. The lowest BCUT2D eigenvalue weighted by Crippen LogP contribution is -2.51. The molecule has 0 aliphatic heterocycles. The van der Waals surface area contributed by atoms with E-state index in [-0.39, 0.29) is 18.0 Å². The van der Waals surface area contributed by atoms with Gasteiger partial charge in [-0.15, -0.1) is 0 Å². The van der Waals surface area contributed by atoms with Crippen LogP contribution in [0.15, 0.2) is 30.3 Å². The second kappa shape index (κ2) is 6.86. The SMILES string of the molecule is CN(C)C1CCCCC(NC(=O)c2ccccc2)C1O. The third kappa shape index (κ3) is 3.58. The molecule has 1 aliphatic rings. The minimum atomic E-state index is -0.514. The molecule has 1 aromatic carbocycles. The summed E-state index contributed by atoms with van der Waals surface area (Å²) in [5.41, 5.74) is 0.644. The molecule has 3 atom stereocenters. The summed E-state index contributed by atoms with van der Waals surface area (Å²) in [4.78, 5) is 14.3. The number of nitrogens with one attached hydrogen (secondary N) is 1. The van der Waals surface area contributed by atoms with Gasteiger partial charge in [0.2, 0.25) is 0 Å². The van der Waals surface area contributed by atoms with Gasteiger partial charge in [0.1, 0.15) is 0 Å². The highest BCUT2D eigenvalue weighted by Crippen LogP contribution is 2.22. The predicted molar refractivity (Wildman–Crippen MR) is 79.6 cm³/mol. The fourth-order valence-electron chi connectivity index (χ4n) is 2.89. The van der Waals surface area contributed by atoms with Crippen molar-refractivity contribution in [2.24, 2.45) is 0 Å². The summed E-state index contributed by atoms with van der Waals surface area (Å²) in [5.74, 6) is -0.103. The molecule has 0 heterocycles. The quantitative estimate of drug-likeness (QED) is 0.825. The van der Waals surface area contributed by atoms with E-state index in [1.807, 2.05) is 32.3 Å². The van der Waals surface area contributed by atoms with Gasteiger partial charge in [-0.05, 0) is 39.1 Å². The molecule has 0 radical (unpaired) electrons. The molecule has 20 heavy (non-hydrogen) atoms. The number of aliphatic hydroxyl groups is 1. The van der Waals surface area contributed by atoms with Crippen LogP contribution in [0.1, 0.15) is 36.0 Å². The highest BCUT2D eigenvalue weighted by atomic mass is 16.3. The van der Waals surface area contributed by atoms with Gasteiger partial charge in [0.15, 0.2) is 0 Å². The lowest BCUT2D eigenvalue weighted by atomic mass is 10.0. The zero-order chi connectivity index (χ0) is 14.5. The van der Waals surface area contributed by atoms with Crippen LogP contribution in [-0.4, -0.2) is 48.2 Å². The Labute approximate surface area is 120 Å². The Morgan fingerprint density at radius 1 is 1.20 bits per heavy atom. The Morgan fingerprint density at radius 2 is 1.85 bits per heavy atom. The number of benzene rings is 1. The predicted octanol–water partition coefficient (Wildman–Crippen LogP) is 1.65. The number of aliphatic hydroxyl groups excluding tert-OH is 1. The van der Waals surface area contributed by atoms with Crippen molar-refractivity contribution in [2.45, 2.75) is 43.9 Å². The first-order valence-corrected chi connectivity index (χ1v) is 7.30. The van der Waals surface area contributed by atoms with Crippen molar-refractivity contribution >= 4 is 5.91 Å². The molecule has 1 amide bonds. The van der Waals surface area contributed by atoms with E-state index in [2.05, 4.69) is 10.2 Å². The van der Waals surface area contributed by atoms with Crippen LogP contribution in [-0.2, 0) is 0 Å². The topological polar surface area (TPSA) is 52.6 Å². The van der Waals surface area contributed by atoms with E-state index in [0.29, 0.717) is 5.56 Å². The molecule has 1 aromatic rings. The molecule has 0 bridgehead atoms. The smallest absolute Gasteiger partial charge is 0.251 e. The summed E-state index contributed by atoms with van der Waals surface area (Å²) >= 11 is 0. The molecule has 0 aromatic heterocycles. The van der Waals surface area contributed by atoms with Crippen molar-refractivity contribution in [1.29, 1.82) is 0 Å². The van der Waals surface area contributed by atoms with Crippen LogP contribution >= 0.6 is 0 Å². The fourth-order valence-corrected chi connectivity index (χ4v) is 2.89.